The minimum atomic E-state index is 0.745. The largest absolute Gasteiger partial charge is 0.490 e. The molecule has 2 aromatic rings. The van der Waals surface area contributed by atoms with Crippen LogP contribution in [0.3, 0.4) is 0 Å². The van der Waals surface area contributed by atoms with Gasteiger partial charge in [0.15, 0.2) is 6.20 Å². The first-order valence-electron chi connectivity index (χ1n) is 7.19. The number of thiol groups is 1. The van der Waals surface area contributed by atoms with Crippen LogP contribution in [0.4, 0.5) is 5.69 Å². The minimum Gasteiger partial charge on any atom is -0.490 e. The second-order valence-electron chi connectivity index (χ2n) is 5.18. The summed E-state index contributed by atoms with van der Waals surface area (Å²) in [6.07, 6.45) is 6.30. The Kier molecular flexibility index (Phi) is 4.95. The summed E-state index contributed by atoms with van der Waals surface area (Å²) in [6.45, 7) is 1.68. The number of pyridine rings is 1. The lowest BCUT2D eigenvalue weighted by molar-refractivity contribution is -0.677. The van der Waals surface area contributed by atoms with Crippen LogP contribution in [0.1, 0.15) is 11.3 Å². The van der Waals surface area contributed by atoms with Crippen molar-refractivity contribution in [2.24, 2.45) is 0 Å². The fourth-order valence-corrected chi connectivity index (χ4v) is 3.21. The third-order valence-electron chi connectivity index (χ3n) is 3.70. The molecule has 3 rings (SSSR count). The Bertz CT molecular complexity index is 688. The lowest BCUT2D eigenvalue weighted by Gasteiger charge is -2.27. The van der Waals surface area contributed by atoms with Crippen LogP contribution in [0.2, 0.25) is 0 Å². The summed E-state index contributed by atoms with van der Waals surface area (Å²) in [5.41, 5.74) is 3.45. The number of hydrogen-bond donors (Lipinski definition) is 1. The van der Waals surface area contributed by atoms with E-state index in [1.165, 1.54) is 10.8 Å². The average Bonchev–Trinajstić information content (AvgIpc) is 2.54. The zero-order chi connectivity index (χ0) is 15.4. The number of anilines is 1. The Morgan fingerprint density at radius 1 is 1.32 bits per heavy atom. The fraction of sp³-hybridized carbons (Fsp3) is 0.235. The van der Waals surface area contributed by atoms with E-state index in [0.29, 0.717) is 0 Å². The number of rotatable bonds is 4. The quantitative estimate of drug-likeness (QED) is 0.525. The number of benzene rings is 1. The van der Waals surface area contributed by atoms with Crippen LogP contribution in [0.15, 0.2) is 42.6 Å². The molecule has 0 N–H and O–H groups in total. The monoisotopic (exact) mass is 331 g/mol. The molecule has 0 saturated carbocycles. The van der Waals surface area contributed by atoms with Gasteiger partial charge in [-0.2, -0.15) is 4.57 Å². The summed E-state index contributed by atoms with van der Waals surface area (Å²) in [5, 5.41) is 0. The number of aromatic nitrogens is 1. The number of hydrogen-bond acceptors (Lipinski definition) is 4. The van der Waals surface area contributed by atoms with Gasteiger partial charge in [0.1, 0.15) is 12.4 Å². The molecule has 0 amide bonds. The molecule has 0 saturated heterocycles. The van der Waals surface area contributed by atoms with Crippen LogP contribution in [0.25, 0.3) is 12.2 Å². The molecule has 0 unspecified atom stereocenters. The van der Waals surface area contributed by atoms with Crippen LogP contribution in [0.5, 0.6) is 5.75 Å². The van der Waals surface area contributed by atoms with E-state index in [4.69, 9.17) is 4.74 Å². The molecule has 0 fully saturated rings. The Morgan fingerprint density at radius 2 is 2.23 bits per heavy atom. The molecule has 2 heterocycles. The standard InChI is InChI=1S/C17H18N2OS2/c1-18-10-11-20-17-12-14(6-8-16(17)18)5-7-15-4-2-3-9-19(15)13-22-21/h2-9,12H,10-11,13H2,1H3/p+1. The van der Waals surface area contributed by atoms with Crippen molar-refractivity contribution in [3.05, 3.63) is 53.9 Å². The van der Waals surface area contributed by atoms with Gasteiger partial charge in [0.2, 0.25) is 11.6 Å². The molecule has 3 nitrogen and oxygen atoms in total. The van der Waals surface area contributed by atoms with Gasteiger partial charge in [-0.25, -0.2) is 0 Å². The lowest BCUT2D eigenvalue weighted by Crippen LogP contribution is -2.34. The van der Waals surface area contributed by atoms with Crippen LogP contribution in [0, 0.1) is 0 Å². The molecular weight excluding hydrogens is 312 g/mol. The maximum absolute atomic E-state index is 5.75. The number of nitrogens with zero attached hydrogens (tertiary/aromatic N) is 2. The molecule has 0 bridgehead atoms. The summed E-state index contributed by atoms with van der Waals surface area (Å²) >= 11 is 4.23. The predicted molar refractivity (Wildman–Crippen MR) is 97.3 cm³/mol. The second kappa shape index (κ2) is 7.11. The third-order valence-corrected chi connectivity index (χ3v) is 4.44. The third kappa shape index (κ3) is 3.42. The van der Waals surface area contributed by atoms with Gasteiger partial charge in [-0.05, 0) is 40.6 Å². The first-order chi connectivity index (χ1) is 10.8. The summed E-state index contributed by atoms with van der Waals surface area (Å²) in [5.74, 6) is 1.78. The van der Waals surface area contributed by atoms with E-state index in [-0.39, 0.29) is 0 Å². The highest BCUT2D eigenvalue weighted by Crippen LogP contribution is 2.31. The smallest absolute Gasteiger partial charge is 0.205 e. The number of likely N-dealkylation sites (N-methyl/N-ethyl adjacent to an activating group) is 1. The van der Waals surface area contributed by atoms with Gasteiger partial charge in [0.05, 0.1) is 12.2 Å². The van der Waals surface area contributed by atoms with Gasteiger partial charge in [-0.1, -0.05) is 6.07 Å². The van der Waals surface area contributed by atoms with Gasteiger partial charge < -0.3 is 9.64 Å². The van der Waals surface area contributed by atoms with Crippen LogP contribution < -0.4 is 14.2 Å². The average molecular weight is 331 g/mol. The lowest BCUT2D eigenvalue weighted by atomic mass is 10.1. The normalized spacial score (nSPS) is 14.0. The molecule has 114 valence electrons. The second-order valence-corrected chi connectivity index (χ2v) is 6.47. The summed E-state index contributed by atoms with van der Waals surface area (Å²) < 4.78 is 7.92. The summed E-state index contributed by atoms with van der Waals surface area (Å²) in [4.78, 5) is 2.22. The zero-order valence-corrected chi connectivity index (χ0v) is 14.2. The van der Waals surface area contributed by atoms with Crippen molar-refractivity contribution in [1.82, 2.24) is 0 Å². The summed E-state index contributed by atoms with van der Waals surface area (Å²) in [7, 11) is 3.60. The van der Waals surface area contributed by atoms with Crippen molar-refractivity contribution in [2.75, 3.05) is 25.1 Å². The molecule has 1 aliphatic heterocycles. The zero-order valence-electron chi connectivity index (χ0n) is 12.5. The molecule has 1 aromatic heterocycles. The van der Waals surface area contributed by atoms with Crippen molar-refractivity contribution >= 4 is 40.3 Å². The molecule has 0 aliphatic carbocycles. The maximum atomic E-state index is 5.75. The fourth-order valence-electron chi connectivity index (χ4n) is 2.48. The molecule has 0 atom stereocenters. The Hall–Kier alpha value is -1.59. The van der Waals surface area contributed by atoms with Gasteiger partial charge in [0.25, 0.3) is 0 Å². The van der Waals surface area contributed by atoms with Crippen molar-refractivity contribution < 1.29 is 9.30 Å². The molecule has 1 aliphatic rings. The predicted octanol–water partition coefficient (Wildman–Crippen LogP) is 3.51. The van der Waals surface area contributed by atoms with Crippen molar-refractivity contribution in [1.29, 1.82) is 0 Å². The molecule has 22 heavy (non-hydrogen) atoms. The molecule has 5 heteroatoms. The van der Waals surface area contributed by atoms with Crippen molar-refractivity contribution in [3.63, 3.8) is 0 Å². The number of ether oxygens (including phenoxy) is 1. The van der Waals surface area contributed by atoms with Gasteiger partial charge in [0, 0.05) is 25.3 Å². The highest BCUT2D eigenvalue weighted by atomic mass is 33.1. The first-order valence-corrected chi connectivity index (χ1v) is 9.22. The van der Waals surface area contributed by atoms with Gasteiger partial charge >= 0.3 is 0 Å². The Labute approximate surface area is 140 Å². The van der Waals surface area contributed by atoms with E-state index in [0.717, 1.165) is 41.7 Å². The van der Waals surface area contributed by atoms with E-state index in [9.17, 15) is 0 Å². The Balaban J connectivity index is 1.84. The highest BCUT2D eigenvalue weighted by molar-refractivity contribution is 8.68. The van der Waals surface area contributed by atoms with Crippen LogP contribution in [-0.4, -0.2) is 20.2 Å². The van der Waals surface area contributed by atoms with E-state index in [2.05, 4.69) is 70.8 Å². The highest BCUT2D eigenvalue weighted by Gasteiger charge is 2.14. The topological polar surface area (TPSA) is 16.4 Å². The van der Waals surface area contributed by atoms with E-state index in [1.54, 1.807) is 0 Å². The maximum Gasteiger partial charge on any atom is 0.205 e. The first kappa shape index (κ1) is 15.3. The van der Waals surface area contributed by atoms with E-state index in [1.807, 2.05) is 12.1 Å². The molecular formula is C17H19N2OS2+. The van der Waals surface area contributed by atoms with E-state index < -0.39 is 0 Å². The van der Waals surface area contributed by atoms with Gasteiger partial charge in [-0.3, -0.25) is 0 Å². The SMILES string of the molecule is CN1CCOc2cc(/C=C/c3cccc[n+]3CSS)ccc21. The Morgan fingerprint density at radius 3 is 3.09 bits per heavy atom. The minimum absolute atomic E-state index is 0.745. The molecule has 0 spiro atoms. The van der Waals surface area contributed by atoms with E-state index >= 15 is 0 Å². The molecule has 1 aromatic carbocycles. The van der Waals surface area contributed by atoms with Crippen LogP contribution >= 0.6 is 22.5 Å². The number of fused-ring (bicyclic) bond motifs is 1. The summed E-state index contributed by atoms with van der Waals surface area (Å²) in [6, 6.07) is 12.5. The van der Waals surface area contributed by atoms with Gasteiger partial charge in [-0.15, -0.1) is 11.7 Å². The molecule has 0 radical (unpaired) electrons. The van der Waals surface area contributed by atoms with Crippen LogP contribution in [-0.2, 0) is 5.88 Å². The van der Waals surface area contributed by atoms with Crippen molar-refractivity contribution in [3.8, 4) is 5.75 Å². The van der Waals surface area contributed by atoms with Crippen molar-refractivity contribution in [2.45, 2.75) is 5.88 Å².